The minimum Gasteiger partial charge on any atom is -0.394 e. The average molecular weight is 513 g/mol. The average Bonchev–Trinajstić information content (AvgIpc) is 3.20. The molecular weight excluding hydrogens is 484 g/mol. The number of fused-ring (bicyclic) bond motifs is 1. The van der Waals surface area contributed by atoms with E-state index in [1.54, 1.807) is 12.4 Å². The molecule has 2 aliphatic carbocycles. The number of aliphatic hydroxyl groups excluding tert-OH is 1. The minimum absolute atomic E-state index is 0.00224. The molecule has 1 saturated heterocycles. The van der Waals surface area contributed by atoms with Gasteiger partial charge in [-0.25, -0.2) is 15.0 Å². The third-order valence-corrected chi connectivity index (χ3v) is 10.1. The summed E-state index contributed by atoms with van der Waals surface area (Å²) < 4.78 is 12.8. The maximum atomic E-state index is 12.8. The van der Waals surface area contributed by atoms with Crippen LogP contribution >= 0.6 is 11.6 Å². The molecule has 1 spiro atoms. The van der Waals surface area contributed by atoms with Gasteiger partial charge < -0.3 is 15.3 Å². The molecule has 1 unspecified atom stereocenters. The highest BCUT2D eigenvalue weighted by atomic mass is 35.5. The Hall–Kier alpha value is -2.28. The van der Waals surface area contributed by atoms with E-state index >= 15 is 0 Å². The maximum Gasteiger partial charge on any atom is 0.149 e. The molecule has 35 heavy (non-hydrogen) atoms. The Morgan fingerprint density at radius 2 is 1.94 bits per heavy atom. The molecule has 0 bridgehead atoms. The molecule has 0 radical (unpaired) electrons. The number of hydrogen-bond acceptors (Lipinski definition) is 8. The van der Waals surface area contributed by atoms with Gasteiger partial charge in [0, 0.05) is 49.0 Å². The Morgan fingerprint density at radius 1 is 1.23 bits per heavy atom. The van der Waals surface area contributed by atoms with Gasteiger partial charge in [-0.1, -0.05) is 11.6 Å². The molecule has 8 nitrogen and oxygen atoms in total. The van der Waals surface area contributed by atoms with E-state index in [4.69, 9.17) is 16.6 Å². The largest absolute Gasteiger partial charge is 0.394 e. The maximum absolute atomic E-state index is 12.8. The summed E-state index contributed by atoms with van der Waals surface area (Å²) in [4.78, 5) is 16.6. The van der Waals surface area contributed by atoms with Crippen molar-refractivity contribution in [2.24, 2.45) is 5.41 Å². The van der Waals surface area contributed by atoms with Crippen molar-refractivity contribution in [2.45, 2.75) is 67.7 Å². The van der Waals surface area contributed by atoms with Crippen molar-refractivity contribution < 1.29 is 9.32 Å². The lowest BCUT2D eigenvalue weighted by molar-refractivity contribution is 0.125. The van der Waals surface area contributed by atoms with Gasteiger partial charge in [0.2, 0.25) is 0 Å². The molecule has 1 atom stereocenters. The molecule has 0 aromatic carbocycles. The highest BCUT2D eigenvalue weighted by Crippen LogP contribution is 2.50. The predicted molar refractivity (Wildman–Crippen MR) is 134 cm³/mol. The number of hydrogen-bond donors (Lipinski definition) is 2. The van der Waals surface area contributed by atoms with Crippen LogP contribution in [0.3, 0.4) is 0 Å². The monoisotopic (exact) mass is 512 g/mol. The molecule has 2 aliphatic heterocycles. The molecule has 6 rings (SSSR count). The molecule has 184 valence electrons. The topological polar surface area (TPSA) is 115 Å². The van der Waals surface area contributed by atoms with Gasteiger partial charge in [-0.05, 0) is 44.9 Å². The molecule has 4 aliphatic rings. The van der Waals surface area contributed by atoms with Crippen LogP contribution in [0.1, 0.15) is 67.9 Å². The fourth-order valence-electron chi connectivity index (χ4n) is 6.21. The third kappa shape index (κ3) is 3.90. The van der Waals surface area contributed by atoms with Crippen molar-refractivity contribution in [3.8, 4) is 6.07 Å². The minimum atomic E-state index is -1.17. The van der Waals surface area contributed by atoms with Crippen molar-refractivity contribution >= 4 is 33.9 Å². The van der Waals surface area contributed by atoms with E-state index in [9.17, 15) is 14.6 Å². The molecule has 2 saturated carbocycles. The standard InChI is InChI=1S/C25H29ClN6O2S/c26-17-11-28-22(29-12-17)16-2-7-24(8-3-16)13-32(14-24)23-18(10-27)20(31-25(15-33)5-1-6-25)21-19(30-23)4-9-35(21)34/h11-12,16,33H,1-9,13-15H2,(H,30,31). The zero-order valence-electron chi connectivity index (χ0n) is 19.6. The molecule has 3 fully saturated rings. The Balaban J connectivity index is 1.23. The predicted octanol–water partition coefficient (Wildman–Crippen LogP) is 3.55. The summed E-state index contributed by atoms with van der Waals surface area (Å²) in [6, 6.07) is 2.37. The lowest BCUT2D eigenvalue weighted by Crippen LogP contribution is -2.58. The summed E-state index contributed by atoms with van der Waals surface area (Å²) >= 11 is 5.94. The number of rotatable bonds is 5. The van der Waals surface area contributed by atoms with Gasteiger partial charge in [0.1, 0.15) is 23.3 Å². The van der Waals surface area contributed by atoms with Crippen LogP contribution in [0.5, 0.6) is 0 Å². The number of aryl methyl sites for hydroxylation is 1. The summed E-state index contributed by atoms with van der Waals surface area (Å²) in [7, 11) is -1.17. The second kappa shape index (κ2) is 8.68. The van der Waals surface area contributed by atoms with Crippen LogP contribution in [0.15, 0.2) is 17.3 Å². The van der Waals surface area contributed by atoms with Crippen LogP contribution in [0.4, 0.5) is 11.5 Å². The van der Waals surface area contributed by atoms with Gasteiger partial charge in [0.05, 0.1) is 44.2 Å². The van der Waals surface area contributed by atoms with E-state index in [-0.39, 0.29) is 12.0 Å². The van der Waals surface area contributed by atoms with Crippen LogP contribution < -0.4 is 10.2 Å². The molecule has 2 aromatic rings. The first-order valence-corrected chi connectivity index (χ1v) is 14.1. The van der Waals surface area contributed by atoms with E-state index in [0.29, 0.717) is 45.1 Å². The SMILES string of the molecule is N#Cc1c(N2CC3(CCC(c4ncc(Cl)cn4)CC3)C2)nc2c(c1NC1(CO)CCC1)S(=O)CC2. The second-order valence-electron chi connectivity index (χ2n) is 10.7. The van der Waals surface area contributed by atoms with Gasteiger partial charge in [-0.3, -0.25) is 4.21 Å². The molecule has 10 heteroatoms. The van der Waals surface area contributed by atoms with E-state index in [0.717, 1.165) is 69.6 Å². The number of nitrogens with zero attached hydrogens (tertiary/aromatic N) is 5. The Labute approximate surface area is 212 Å². The van der Waals surface area contributed by atoms with Crippen LogP contribution in [0, 0.1) is 16.7 Å². The van der Waals surface area contributed by atoms with Gasteiger partial charge in [-0.15, -0.1) is 0 Å². The van der Waals surface area contributed by atoms with Crippen molar-refractivity contribution in [1.29, 1.82) is 5.26 Å². The van der Waals surface area contributed by atoms with E-state index < -0.39 is 16.3 Å². The summed E-state index contributed by atoms with van der Waals surface area (Å²) in [6.07, 6.45) is 11.0. The number of aliphatic hydroxyl groups is 1. The Bertz CT molecular complexity index is 1200. The van der Waals surface area contributed by atoms with Gasteiger partial charge >= 0.3 is 0 Å². The number of nitrogens with one attached hydrogen (secondary N) is 1. The first-order chi connectivity index (χ1) is 16.9. The lowest BCUT2D eigenvalue weighted by Gasteiger charge is -2.54. The molecular formula is C25H29ClN6O2S. The molecule has 4 heterocycles. The van der Waals surface area contributed by atoms with E-state index in [1.807, 2.05) is 0 Å². The number of nitriles is 1. The van der Waals surface area contributed by atoms with Crippen molar-refractivity contribution in [2.75, 3.05) is 35.7 Å². The fourth-order valence-corrected chi connectivity index (χ4v) is 7.68. The zero-order valence-corrected chi connectivity index (χ0v) is 21.2. The number of aromatic nitrogens is 3. The zero-order chi connectivity index (χ0) is 24.2. The van der Waals surface area contributed by atoms with Crippen LogP contribution in [-0.2, 0) is 17.2 Å². The fraction of sp³-hybridized carbons (Fsp3) is 0.600. The Kier molecular flexibility index (Phi) is 5.74. The Morgan fingerprint density at radius 3 is 2.54 bits per heavy atom. The molecule has 2 aromatic heterocycles. The third-order valence-electron chi connectivity index (χ3n) is 8.47. The summed E-state index contributed by atoms with van der Waals surface area (Å²) in [6.45, 7) is 1.74. The van der Waals surface area contributed by atoms with Crippen molar-refractivity contribution in [3.05, 3.63) is 34.5 Å². The van der Waals surface area contributed by atoms with Gasteiger partial charge in [0.15, 0.2) is 0 Å². The van der Waals surface area contributed by atoms with Crippen LogP contribution in [0.25, 0.3) is 0 Å². The normalized spacial score (nSPS) is 24.4. The smallest absolute Gasteiger partial charge is 0.149 e. The second-order valence-corrected chi connectivity index (χ2v) is 12.6. The highest BCUT2D eigenvalue weighted by Gasteiger charge is 2.48. The van der Waals surface area contributed by atoms with Crippen molar-refractivity contribution in [1.82, 2.24) is 15.0 Å². The first-order valence-electron chi connectivity index (χ1n) is 12.4. The number of halogens is 1. The number of pyridine rings is 1. The number of anilines is 2. The summed E-state index contributed by atoms with van der Waals surface area (Å²) in [5.41, 5.74) is 1.74. The van der Waals surface area contributed by atoms with Gasteiger partial charge in [0.25, 0.3) is 0 Å². The van der Waals surface area contributed by atoms with Crippen LogP contribution in [-0.4, -0.2) is 55.3 Å². The lowest BCUT2D eigenvalue weighted by atomic mass is 9.65. The van der Waals surface area contributed by atoms with Crippen molar-refractivity contribution in [3.63, 3.8) is 0 Å². The molecule has 0 amide bonds. The summed E-state index contributed by atoms with van der Waals surface area (Å²) in [5, 5.41) is 24.3. The van der Waals surface area contributed by atoms with Gasteiger partial charge in [-0.2, -0.15) is 5.26 Å². The summed E-state index contributed by atoms with van der Waals surface area (Å²) in [5.74, 6) is 2.48. The van der Waals surface area contributed by atoms with E-state index in [2.05, 4.69) is 26.3 Å². The quantitative estimate of drug-likeness (QED) is 0.625. The molecule has 2 N–H and O–H groups in total. The highest BCUT2D eigenvalue weighted by molar-refractivity contribution is 7.85. The van der Waals surface area contributed by atoms with E-state index in [1.165, 1.54) is 0 Å². The van der Waals surface area contributed by atoms with Crippen LogP contribution in [0.2, 0.25) is 5.02 Å². The first kappa shape index (κ1) is 23.1.